The van der Waals surface area contributed by atoms with Crippen LogP contribution in [0.5, 0.6) is 0 Å². The van der Waals surface area contributed by atoms with E-state index in [1.54, 1.807) is 0 Å². The predicted octanol–water partition coefficient (Wildman–Crippen LogP) is 5.70. The second-order valence-corrected chi connectivity index (χ2v) is 12.4. The summed E-state index contributed by atoms with van der Waals surface area (Å²) < 4.78 is 6.64. The Balaban J connectivity index is 1.36. The molecule has 0 spiro atoms. The summed E-state index contributed by atoms with van der Waals surface area (Å²) >= 11 is 0. The van der Waals surface area contributed by atoms with Gasteiger partial charge in [-0.2, -0.15) is 0 Å². The number of fused-ring (bicyclic) bond motifs is 7. The van der Waals surface area contributed by atoms with E-state index >= 15 is 0 Å². The normalized spacial score (nSPS) is 50.9. The lowest BCUT2D eigenvalue weighted by Crippen LogP contribution is -2.54. The average Bonchev–Trinajstić information content (AvgIpc) is 3.20. The molecule has 3 nitrogen and oxygen atoms in total. The molecule has 0 radical (unpaired) electrons. The maximum atomic E-state index is 10.3. The molecule has 0 saturated heterocycles. The van der Waals surface area contributed by atoms with Gasteiger partial charge in [0.2, 0.25) is 0 Å². The van der Waals surface area contributed by atoms with E-state index in [-0.39, 0.29) is 12.7 Å². The summed E-state index contributed by atoms with van der Waals surface area (Å²) in [5, 5.41) is 19.7. The fourth-order valence-electron chi connectivity index (χ4n) is 9.29. The van der Waals surface area contributed by atoms with E-state index in [0.717, 1.165) is 49.4 Å². The van der Waals surface area contributed by atoms with Crippen LogP contribution in [0.4, 0.5) is 0 Å². The third-order valence-corrected chi connectivity index (χ3v) is 11.0. The monoisotopic (exact) mass is 416 g/mol. The van der Waals surface area contributed by atoms with Crippen LogP contribution in [0.2, 0.25) is 0 Å². The minimum absolute atomic E-state index is 0.0486. The second kappa shape index (κ2) is 7.51. The third-order valence-electron chi connectivity index (χ3n) is 11.0. The van der Waals surface area contributed by atoms with Gasteiger partial charge in [0.1, 0.15) is 6.10 Å². The van der Waals surface area contributed by atoms with Gasteiger partial charge in [0.15, 0.2) is 0 Å². The lowest BCUT2D eigenvalue weighted by Gasteiger charge is -2.60. The zero-order valence-corrected chi connectivity index (χ0v) is 19.7. The van der Waals surface area contributed by atoms with E-state index < -0.39 is 0 Å². The Hall–Kier alpha value is -0.540. The first-order valence-electron chi connectivity index (χ1n) is 12.9. The van der Waals surface area contributed by atoms with Crippen molar-refractivity contribution in [3.8, 4) is 0 Å². The fourth-order valence-corrected chi connectivity index (χ4v) is 9.29. The molecule has 1 heterocycles. The summed E-state index contributed by atoms with van der Waals surface area (Å²) in [6.45, 7) is 9.94. The van der Waals surface area contributed by atoms with Crippen molar-refractivity contribution in [1.82, 2.24) is 0 Å². The molecule has 170 valence electrons. The molecule has 4 saturated carbocycles. The molecule has 0 aromatic rings. The highest BCUT2D eigenvalue weighted by molar-refractivity contribution is 5.26. The van der Waals surface area contributed by atoms with Gasteiger partial charge >= 0.3 is 0 Å². The SMILES string of the molecule is CC1=C(CC[C@@H](C)CO)O[C@H]2CC3[C@@H]4CC[C@H]5C[C@@H](O)CC[C@]5(C)C4CC[C@]3(C)[C@@H]12. The molecule has 30 heavy (non-hydrogen) atoms. The van der Waals surface area contributed by atoms with Crippen LogP contribution in [0.25, 0.3) is 0 Å². The van der Waals surface area contributed by atoms with Crippen LogP contribution in [0.1, 0.15) is 91.9 Å². The molecule has 2 unspecified atom stereocenters. The number of hydrogen-bond donors (Lipinski definition) is 2. The van der Waals surface area contributed by atoms with Gasteiger partial charge in [-0.25, -0.2) is 0 Å². The summed E-state index contributed by atoms with van der Waals surface area (Å²) in [5.41, 5.74) is 2.39. The number of aliphatic hydroxyl groups is 2. The van der Waals surface area contributed by atoms with E-state index in [2.05, 4.69) is 27.7 Å². The molecule has 2 N–H and O–H groups in total. The molecule has 1 aliphatic heterocycles. The second-order valence-electron chi connectivity index (χ2n) is 12.4. The maximum absolute atomic E-state index is 10.3. The van der Waals surface area contributed by atoms with Crippen LogP contribution >= 0.6 is 0 Å². The maximum Gasteiger partial charge on any atom is 0.106 e. The first-order chi connectivity index (χ1) is 14.3. The van der Waals surface area contributed by atoms with Crippen molar-refractivity contribution in [3.05, 3.63) is 11.3 Å². The van der Waals surface area contributed by atoms with Crippen molar-refractivity contribution in [1.29, 1.82) is 0 Å². The Kier molecular flexibility index (Phi) is 5.33. The molecule has 5 aliphatic rings. The molecule has 5 rings (SSSR count). The van der Waals surface area contributed by atoms with Crippen LogP contribution in [0.3, 0.4) is 0 Å². The predicted molar refractivity (Wildman–Crippen MR) is 120 cm³/mol. The van der Waals surface area contributed by atoms with Crippen LogP contribution in [-0.2, 0) is 4.74 Å². The molecule has 4 fully saturated rings. The Bertz CT molecular complexity index is 700. The van der Waals surface area contributed by atoms with Gasteiger partial charge in [-0.3, -0.25) is 0 Å². The van der Waals surface area contributed by atoms with Crippen molar-refractivity contribution in [2.24, 2.45) is 46.3 Å². The van der Waals surface area contributed by atoms with Crippen molar-refractivity contribution < 1.29 is 14.9 Å². The average molecular weight is 417 g/mol. The van der Waals surface area contributed by atoms with E-state index in [1.807, 2.05) is 0 Å². The topological polar surface area (TPSA) is 49.7 Å². The smallest absolute Gasteiger partial charge is 0.106 e. The van der Waals surface area contributed by atoms with E-state index in [0.29, 0.717) is 28.8 Å². The van der Waals surface area contributed by atoms with Gasteiger partial charge < -0.3 is 14.9 Å². The van der Waals surface area contributed by atoms with Gasteiger partial charge in [-0.05, 0) is 111 Å². The third kappa shape index (κ3) is 3.04. The first-order valence-corrected chi connectivity index (χ1v) is 12.9. The van der Waals surface area contributed by atoms with Crippen molar-refractivity contribution in [3.63, 3.8) is 0 Å². The summed E-state index contributed by atoms with van der Waals surface area (Å²) in [5.74, 6) is 5.49. The molecular weight excluding hydrogens is 372 g/mol. The molecule has 0 amide bonds. The van der Waals surface area contributed by atoms with Gasteiger partial charge in [0.05, 0.1) is 11.9 Å². The van der Waals surface area contributed by atoms with Gasteiger partial charge in [0.25, 0.3) is 0 Å². The summed E-state index contributed by atoms with van der Waals surface area (Å²) in [6, 6.07) is 0. The largest absolute Gasteiger partial charge is 0.494 e. The Labute approximate surface area is 183 Å². The first kappa shape index (κ1) is 21.3. The van der Waals surface area contributed by atoms with E-state index in [4.69, 9.17) is 4.74 Å². The Morgan fingerprint density at radius 1 is 1.03 bits per heavy atom. The zero-order valence-electron chi connectivity index (χ0n) is 19.7. The van der Waals surface area contributed by atoms with Gasteiger partial charge in [0, 0.05) is 18.9 Å². The fraction of sp³-hybridized carbons (Fsp3) is 0.926. The lowest BCUT2D eigenvalue weighted by atomic mass is 9.44. The zero-order chi connectivity index (χ0) is 21.3. The summed E-state index contributed by atoms with van der Waals surface area (Å²) in [7, 11) is 0. The standard InChI is InChI=1S/C27H44O3/c1-16(15-28)5-8-23-17(2)25-24(30-23)14-22-20-7-6-18-13-19(29)9-11-26(18,3)21(20)10-12-27(22,25)4/h16,18-22,24-25,28-29H,5-15H2,1-4H3/t16-,18+,19+,20-,21?,22?,24+,25+,26+,27+/m1/s1. The molecule has 10 atom stereocenters. The minimum atomic E-state index is -0.0486. The Morgan fingerprint density at radius 3 is 2.57 bits per heavy atom. The van der Waals surface area contributed by atoms with E-state index in [1.165, 1.54) is 49.9 Å². The molecule has 3 heteroatoms. The van der Waals surface area contributed by atoms with Crippen molar-refractivity contribution >= 4 is 0 Å². The van der Waals surface area contributed by atoms with Crippen molar-refractivity contribution in [2.45, 2.75) is 104 Å². The minimum Gasteiger partial charge on any atom is -0.494 e. The van der Waals surface area contributed by atoms with Crippen LogP contribution in [0, 0.1) is 46.3 Å². The molecule has 4 aliphatic carbocycles. The van der Waals surface area contributed by atoms with Crippen molar-refractivity contribution in [2.75, 3.05) is 6.61 Å². The van der Waals surface area contributed by atoms with Crippen LogP contribution < -0.4 is 0 Å². The van der Waals surface area contributed by atoms with Gasteiger partial charge in [-0.1, -0.05) is 20.8 Å². The highest BCUT2D eigenvalue weighted by atomic mass is 16.5. The Morgan fingerprint density at radius 2 is 1.80 bits per heavy atom. The lowest BCUT2D eigenvalue weighted by molar-refractivity contribution is -0.124. The number of rotatable bonds is 4. The number of allylic oxidation sites excluding steroid dienone is 1. The highest BCUT2D eigenvalue weighted by Gasteiger charge is 2.64. The highest BCUT2D eigenvalue weighted by Crippen LogP contribution is 2.69. The summed E-state index contributed by atoms with van der Waals surface area (Å²) in [6.07, 6.45) is 12.4. The molecule has 0 aromatic carbocycles. The molecule has 0 bridgehead atoms. The van der Waals surface area contributed by atoms with E-state index in [9.17, 15) is 10.2 Å². The van der Waals surface area contributed by atoms with Crippen LogP contribution in [-0.4, -0.2) is 29.0 Å². The number of aliphatic hydroxyl groups excluding tert-OH is 2. The molecular formula is C27H44O3. The number of ether oxygens (including phenoxy) is 1. The van der Waals surface area contributed by atoms with Gasteiger partial charge in [-0.15, -0.1) is 0 Å². The summed E-state index contributed by atoms with van der Waals surface area (Å²) in [4.78, 5) is 0. The number of hydrogen-bond acceptors (Lipinski definition) is 3. The molecule has 0 aromatic heterocycles. The van der Waals surface area contributed by atoms with Crippen LogP contribution in [0.15, 0.2) is 11.3 Å². The quantitative estimate of drug-likeness (QED) is 0.618.